The number of rotatable bonds is 8. The van der Waals surface area contributed by atoms with Crippen LogP contribution in [-0.4, -0.2) is 34.7 Å². The molecule has 3 aromatic carbocycles. The van der Waals surface area contributed by atoms with Crippen LogP contribution in [-0.2, 0) is 6.42 Å². The second-order valence-corrected chi connectivity index (χ2v) is 11.2. The Bertz CT molecular complexity index is 1670. The summed E-state index contributed by atoms with van der Waals surface area (Å²) in [6.45, 7) is 5.48. The molecule has 0 radical (unpaired) electrons. The zero-order chi connectivity index (χ0) is 30.7. The van der Waals surface area contributed by atoms with Crippen molar-refractivity contribution in [2.24, 2.45) is 0 Å². The minimum absolute atomic E-state index is 0.0753. The lowest BCUT2D eigenvalue weighted by atomic mass is 9.99. The van der Waals surface area contributed by atoms with Gasteiger partial charge in [0.1, 0.15) is 5.75 Å². The highest BCUT2D eigenvalue weighted by molar-refractivity contribution is 6.34. The third-order valence-electron chi connectivity index (χ3n) is 6.30. The molecule has 0 spiro atoms. The maximum absolute atomic E-state index is 13.4. The van der Waals surface area contributed by atoms with E-state index >= 15 is 0 Å². The number of para-hydroxylation sites is 1. The number of ether oxygens (including phenoxy) is 1. The van der Waals surface area contributed by atoms with Crippen LogP contribution < -0.4 is 15.4 Å². The first-order valence-electron chi connectivity index (χ1n) is 13.0. The number of hydrogen-bond acceptors (Lipinski definition) is 4. The molecule has 11 heteroatoms. The third kappa shape index (κ3) is 7.62. The van der Waals surface area contributed by atoms with E-state index in [4.69, 9.17) is 11.6 Å². The Morgan fingerprint density at radius 1 is 1.00 bits per heavy atom. The van der Waals surface area contributed by atoms with Gasteiger partial charge in [0.25, 0.3) is 11.8 Å². The average molecular weight is 597 g/mol. The number of carbonyl (C=O) groups excluding carboxylic acids is 2. The summed E-state index contributed by atoms with van der Waals surface area (Å²) in [4.78, 5) is 29.1. The van der Waals surface area contributed by atoms with Gasteiger partial charge in [-0.05, 0) is 74.2 Å². The standard InChI is InChI=1S/C31H28ClF3N4O3/c1-30(2,3)39-29(41)23-10-8-19(16-25(23)32)18-9-11-27(42-31(33,34)35)24(15-18)28(40)38-21(12-13-36)14-20-17-37-26-7-5-4-6-22(20)26/h4-11,15-17,21,37H,12,14H2,1-3H3,(H,38,40)(H,39,41). The van der Waals surface area contributed by atoms with Gasteiger partial charge in [-0.25, -0.2) is 0 Å². The van der Waals surface area contributed by atoms with Crippen LogP contribution in [0.5, 0.6) is 5.75 Å². The molecule has 0 bridgehead atoms. The SMILES string of the molecule is CC(C)(C)NC(=O)c1ccc(-c2ccc(OC(F)(F)F)c(C(=O)NC(CC#N)Cc3c[nH]c4ccccc34)c2)cc1Cl. The highest BCUT2D eigenvalue weighted by atomic mass is 35.5. The number of hydrogen-bond donors (Lipinski definition) is 3. The van der Waals surface area contributed by atoms with Gasteiger partial charge in [0.2, 0.25) is 0 Å². The van der Waals surface area contributed by atoms with Gasteiger partial charge in [0, 0.05) is 28.7 Å². The van der Waals surface area contributed by atoms with Crippen molar-refractivity contribution in [3.63, 3.8) is 0 Å². The lowest BCUT2D eigenvalue weighted by molar-refractivity contribution is -0.274. The Labute approximate surface area is 245 Å². The Morgan fingerprint density at radius 3 is 2.36 bits per heavy atom. The fourth-order valence-corrected chi connectivity index (χ4v) is 4.77. The minimum Gasteiger partial charge on any atom is -0.405 e. The van der Waals surface area contributed by atoms with Gasteiger partial charge in [0.05, 0.1) is 28.6 Å². The van der Waals surface area contributed by atoms with E-state index in [-0.39, 0.29) is 34.9 Å². The number of amides is 2. The lowest BCUT2D eigenvalue weighted by Gasteiger charge is -2.21. The van der Waals surface area contributed by atoms with E-state index in [9.17, 15) is 28.0 Å². The Morgan fingerprint density at radius 2 is 1.69 bits per heavy atom. The zero-order valence-corrected chi connectivity index (χ0v) is 23.8. The summed E-state index contributed by atoms with van der Waals surface area (Å²) >= 11 is 6.39. The van der Waals surface area contributed by atoms with Crippen LogP contribution in [0, 0.1) is 11.3 Å². The molecule has 0 aliphatic carbocycles. The first-order valence-corrected chi connectivity index (χ1v) is 13.4. The van der Waals surface area contributed by atoms with Crippen LogP contribution in [0.25, 0.3) is 22.0 Å². The van der Waals surface area contributed by atoms with E-state index in [0.29, 0.717) is 11.1 Å². The molecular formula is C31H28ClF3N4O3. The summed E-state index contributed by atoms with van der Waals surface area (Å²) in [7, 11) is 0. The number of carbonyl (C=O) groups is 2. The molecule has 218 valence electrons. The van der Waals surface area contributed by atoms with Crippen LogP contribution in [0.15, 0.2) is 66.9 Å². The number of benzene rings is 3. The van der Waals surface area contributed by atoms with Crippen LogP contribution in [0.3, 0.4) is 0 Å². The summed E-state index contributed by atoms with van der Waals surface area (Å²) in [5.74, 6) is -1.92. The van der Waals surface area contributed by atoms with Gasteiger partial charge in [-0.1, -0.05) is 41.9 Å². The topological polar surface area (TPSA) is 107 Å². The van der Waals surface area contributed by atoms with E-state index in [0.717, 1.165) is 22.5 Å². The van der Waals surface area contributed by atoms with Gasteiger partial charge in [-0.15, -0.1) is 13.2 Å². The number of nitrogens with one attached hydrogen (secondary N) is 3. The van der Waals surface area contributed by atoms with E-state index in [2.05, 4.69) is 20.4 Å². The lowest BCUT2D eigenvalue weighted by Crippen LogP contribution is -2.40. The molecule has 42 heavy (non-hydrogen) atoms. The molecule has 1 heterocycles. The summed E-state index contributed by atoms with van der Waals surface area (Å²) in [5.41, 5.74) is 1.91. The summed E-state index contributed by atoms with van der Waals surface area (Å²) in [6.07, 6.45) is -3.08. The number of nitriles is 1. The molecule has 0 saturated carbocycles. The van der Waals surface area contributed by atoms with Crippen molar-refractivity contribution in [2.45, 2.75) is 51.6 Å². The van der Waals surface area contributed by atoms with Gasteiger partial charge in [0.15, 0.2) is 0 Å². The highest BCUT2D eigenvalue weighted by Crippen LogP contribution is 2.33. The van der Waals surface area contributed by atoms with Crippen LogP contribution in [0.4, 0.5) is 13.2 Å². The Kier molecular flexibility index (Phi) is 8.83. The molecule has 4 aromatic rings. The smallest absolute Gasteiger partial charge is 0.405 e. The van der Waals surface area contributed by atoms with Crippen LogP contribution in [0.1, 0.15) is 53.5 Å². The number of halogens is 4. The van der Waals surface area contributed by atoms with E-state index in [1.54, 1.807) is 12.3 Å². The predicted octanol–water partition coefficient (Wildman–Crippen LogP) is 7.17. The molecule has 0 aliphatic heterocycles. The molecule has 1 atom stereocenters. The summed E-state index contributed by atoms with van der Waals surface area (Å²) in [5, 5.41) is 15.9. The molecular weight excluding hydrogens is 569 g/mol. The summed E-state index contributed by atoms with van der Waals surface area (Å²) in [6, 6.07) is 17.1. The first kappa shape index (κ1) is 30.5. The van der Waals surface area contributed by atoms with Crippen molar-refractivity contribution in [2.75, 3.05) is 0 Å². The molecule has 1 aromatic heterocycles. The second kappa shape index (κ2) is 12.2. The molecule has 1 unspecified atom stereocenters. The maximum Gasteiger partial charge on any atom is 0.573 e. The predicted molar refractivity (Wildman–Crippen MR) is 154 cm³/mol. The Hall–Kier alpha value is -4.49. The normalized spacial score (nSPS) is 12.4. The average Bonchev–Trinajstić information content (AvgIpc) is 3.29. The summed E-state index contributed by atoms with van der Waals surface area (Å²) < 4.78 is 43.8. The molecule has 0 fully saturated rings. The number of H-pyrrole nitrogens is 1. The molecule has 7 nitrogen and oxygen atoms in total. The monoisotopic (exact) mass is 596 g/mol. The number of aromatic nitrogens is 1. The van der Waals surface area contributed by atoms with Crippen LogP contribution in [0.2, 0.25) is 5.02 Å². The molecule has 0 aliphatic rings. The first-order chi connectivity index (χ1) is 19.7. The highest BCUT2D eigenvalue weighted by Gasteiger charge is 2.33. The van der Waals surface area contributed by atoms with Crippen molar-refractivity contribution in [1.82, 2.24) is 15.6 Å². The molecule has 0 saturated heterocycles. The van der Waals surface area contributed by atoms with Gasteiger partial charge < -0.3 is 20.4 Å². The van der Waals surface area contributed by atoms with E-state index in [1.165, 1.54) is 24.3 Å². The molecule has 3 N–H and O–H groups in total. The van der Waals surface area contributed by atoms with E-state index < -0.39 is 29.6 Å². The number of alkyl halides is 3. The molecule has 2 amide bonds. The second-order valence-electron chi connectivity index (χ2n) is 10.8. The van der Waals surface area contributed by atoms with Gasteiger partial charge in [-0.2, -0.15) is 5.26 Å². The van der Waals surface area contributed by atoms with E-state index in [1.807, 2.05) is 51.1 Å². The van der Waals surface area contributed by atoms with Crippen molar-refractivity contribution in [3.05, 3.63) is 88.6 Å². The number of fused-ring (bicyclic) bond motifs is 1. The minimum atomic E-state index is -5.04. The fraction of sp³-hybridized carbons (Fsp3) is 0.258. The maximum atomic E-state index is 13.4. The largest absolute Gasteiger partial charge is 0.573 e. The number of nitrogens with zero attached hydrogens (tertiary/aromatic N) is 1. The zero-order valence-electron chi connectivity index (χ0n) is 23.0. The van der Waals surface area contributed by atoms with Gasteiger partial charge in [-0.3, -0.25) is 9.59 Å². The fourth-order valence-electron chi connectivity index (χ4n) is 4.50. The molecule has 4 rings (SSSR count). The van der Waals surface area contributed by atoms with Crippen molar-refractivity contribution >= 4 is 34.3 Å². The van der Waals surface area contributed by atoms with Crippen molar-refractivity contribution in [3.8, 4) is 22.9 Å². The third-order valence-corrected chi connectivity index (χ3v) is 6.61. The van der Waals surface area contributed by atoms with Crippen molar-refractivity contribution in [1.29, 1.82) is 5.26 Å². The van der Waals surface area contributed by atoms with Crippen molar-refractivity contribution < 1.29 is 27.5 Å². The van der Waals surface area contributed by atoms with Crippen LogP contribution >= 0.6 is 11.6 Å². The Balaban J connectivity index is 1.65. The van der Waals surface area contributed by atoms with Gasteiger partial charge >= 0.3 is 6.36 Å². The quantitative estimate of drug-likeness (QED) is 0.200. The number of aromatic amines is 1.